The number of aryl methyl sites for hydroxylation is 2. The van der Waals surface area contributed by atoms with Gasteiger partial charge in [0.05, 0.1) is 0 Å². The molecule has 0 radical (unpaired) electrons. The highest BCUT2D eigenvalue weighted by molar-refractivity contribution is 9.10. The molecule has 1 aromatic carbocycles. The Kier molecular flexibility index (Phi) is 4.14. The molecule has 1 atom stereocenters. The first kappa shape index (κ1) is 11.7. The molecule has 0 spiro atoms. The molecule has 1 N–H and O–H groups in total. The fourth-order valence-electron chi connectivity index (χ4n) is 1.69. The minimum absolute atomic E-state index is 0.437. The third-order valence-electron chi connectivity index (χ3n) is 2.52. The maximum absolute atomic E-state index is 3.55. The maximum Gasteiger partial charge on any atom is 0.0294 e. The summed E-state index contributed by atoms with van der Waals surface area (Å²) >= 11 is 3.55. The zero-order chi connectivity index (χ0) is 10.7. The smallest absolute Gasteiger partial charge is 0.0294 e. The molecule has 1 rings (SSSR count). The van der Waals surface area contributed by atoms with Gasteiger partial charge in [0.2, 0.25) is 0 Å². The van der Waals surface area contributed by atoms with Gasteiger partial charge >= 0.3 is 0 Å². The highest BCUT2D eigenvalue weighted by atomic mass is 79.9. The normalized spacial score (nSPS) is 12.9. The van der Waals surface area contributed by atoms with Gasteiger partial charge in [0.15, 0.2) is 0 Å². The molecule has 0 aliphatic rings. The van der Waals surface area contributed by atoms with E-state index in [0.717, 1.165) is 6.54 Å². The molecule has 0 heterocycles. The van der Waals surface area contributed by atoms with Gasteiger partial charge in [0, 0.05) is 10.5 Å². The summed E-state index contributed by atoms with van der Waals surface area (Å²) in [6, 6.07) is 4.89. The second kappa shape index (κ2) is 4.94. The molecule has 1 aromatic rings. The Morgan fingerprint density at radius 3 is 2.50 bits per heavy atom. The van der Waals surface area contributed by atoms with E-state index in [0.29, 0.717) is 6.04 Å². The van der Waals surface area contributed by atoms with Gasteiger partial charge in [-0.05, 0) is 50.1 Å². The van der Waals surface area contributed by atoms with E-state index in [4.69, 9.17) is 0 Å². The van der Waals surface area contributed by atoms with Crippen LogP contribution in [0.5, 0.6) is 0 Å². The van der Waals surface area contributed by atoms with E-state index in [1.807, 2.05) is 0 Å². The molecule has 0 aromatic heterocycles. The minimum atomic E-state index is 0.437. The summed E-state index contributed by atoms with van der Waals surface area (Å²) < 4.78 is 1.20. The molecule has 1 unspecified atom stereocenters. The van der Waals surface area contributed by atoms with Gasteiger partial charge in [-0.1, -0.05) is 28.9 Å². The lowest BCUT2D eigenvalue weighted by molar-refractivity contribution is 0.595. The molecular formula is C12H18BrN. The predicted molar refractivity (Wildman–Crippen MR) is 65.7 cm³/mol. The Labute approximate surface area is 95.0 Å². The largest absolute Gasteiger partial charge is 0.310 e. The molecule has 2 heteroatoms. The van der Waals surface area contributed by atoms with Crippen molar-refractivity contribution in [2.24, 2.45) is 0 Å². The number of hydrogen-bond donors (Lipinski definition) is 1. The summed E-state index contributed by atoms with van der Waals surface area (Å²) in [5, 5.41) is 3.43. The van der Waals surface area contributed by atoms with Crippen molar-refractivity contribution in [2.45, 2.75) is 33.7 Å². The Bertz CT molecular complexity index is 320. The molecule has 14 heavy (non-hydrogen) atoms. The van der Waals surface area contributed by atoms with Crippen LogP contribution >= 0.6 is 15.9 Å². The quantitative estimate of drug-likeness (QED) is 0.868. The van der Waals surface area contributed by atoms with Crippen LogP contribution in [0.2, 0.25) is 0 Å². The molecule has 0 bridgehead atoms. The van der Waals surface area contributed by atoms with Crippen molar-refractivity contribution in [3.05, 3.63) is 33.3 Å². The van der Waals surface area contributed by atoms with Crippen molar-refractivity contribution in [1.82, 2.24) is 5.32 Å². The van der Waals surface area contributed by atoms with Gasteiger partial charge < -0.3 is 5.32 Å². The van der Waals surface area contributed by atoms with E-state index in [2.05, 4.69) is 61.1 Å². The van der Waals surface area contributed by atoms with Gasteiger partial charge in [0.25, 0.3) is 0 Å². The summed E-state index contributed by atoms with van der Waals surface area (Å²) in [4.78, 5) is 0. The zero-order valence-corrected chi connectivity index (χ0v) is 10.9. The van der Waals surface area contributed by atoms with Crippen LogP contribution in [0.3, 0.4) is 0 Å². The van der Waals surface area contributed by atoms with Crippen LogP contribution in [0.4, 0.5) is 0 Å². The van der Waals surface area contributed by atoms with Crippen LogP contribution < -0.4 is 5.32 Å². The van der Waals surface area contributed by atoms with E-state index in [-0.39, 0.29) is 0 Å². The van der Waals surface area contributed by atoms with Gasteiger partial charge in [-0.2, -0.15) is 0 Å². The first-order chi connectivity index (χ1) is 6.56. The minimum Gasteiger partial charge on any atom is -0.310 e. The van der Waals surface area contributed by atoms with Crippen LogP contribution in [0.25, 0.3) is 0 Å². The van der Waals surface area contributed by atoms with E-state index < -0.39 is 0 Å². The monoisotopic (exact) mass is 255 g/mol. The molecule has 0 amide bonds. The number of nitrogens with one attached hydrogen (secondary N) is 1. The highest BCUT2D eigenvalue weighted by Crippen LogP contribution is 2.25. The van der Waals surface area contributed by atoms with E-state index in [1.54, 1.807) is 0 Å². The van der Waals surface area contributed by atoms with Crippen LogP contribution in [-0.2, 0) is 0 Å². The fourth-order valence-corrected chi connectivity index (χ4v) is 2.14. The molecule has 1 nitrogen and oxygen atoms in total. The Balaban J connectivity index is 3.02. The van der Waals surface area contributed by atoms with Gasteiger partial charge in [-0.25, -0.2) is 0 Å². The van der Waals surface area contributed by atoms with Crippen molar-refractivity contribution in [3.63, 3.8) is 0 Å². The van der Waals surface area contributed by atoms with Gasteiger partial charge in [-0.3, -0.25) is 0 Å². The Morgan fingerprint density at radius 1 is 1.29 bits per heavy atom. The lowest BCUT2D eigenvalue weighted by Crippen LogP contribution is -2.18. The van der Waals surface area contributed by atoms with Crippen molar-refractivity contribution in [1.29, 1.82) is 0 Å². The molecule has 0 aliphatic carbocycles. The zero-order valence-electron chi connectivity index (χ0n) is 9.32. The van der Waals surface area contributed by atoms with Crippen LogP contribution in [0, 0.1) is 13.8 Å². The number of benzene rings is 1. The SMILES string of the molecule is CCNC(C)c1cc(C)c(Br)cc1C. The van der Waals surface area contributed by atoms with E-state index in [9.17, 15) is 0 Å². The topological polar surface area (TPSA) is 12.0 Å². The average molecular weight is 256 g/mol. The van der Waals surface area contributed by atoms with Crippen molar-refractivity contribution in [3.8, 4) is 0 Å². The second-order valence-electron chi connectivity index (χ2n) is 3.74. The molecule has 0 fully saturated rings. The summed E-state index contributed by atoms with van der Waals surface area (Å²) in [6.07, 6.45) is 0. The van der Waals surface area contributed by atoms with Crippen molar-refractivity contribution < 1.29 is 0 Å². The first-order valence-electron chi connectivity index (χ1n) is 5.06. The summed E-state index contributed by atoms with van der Waals surface area (Å²) in [5.41, 5.74) is 4.04. The third kappa shape index (κ3) is 2.58. The highest BCUT2D eigenvalue weighted by Gasteiger charge is 2.08. The third-order valence-corrected chi connectivity index (χ3v) is 3.38. The average Bonchev–Trinajstić information content (AvgIpc) is 2.11. The first-order valence-corrected chi connectivity index (χ1v) is 5.85. The number of rotatable bonds is 3. The van der Waals surface area contributed by atoms with Gasteiger partial charge in [0.1, 0.15) is 0 Å². The van der Waals surface area contributed by atoms with Crippen molar-refractivity contribution in [2.75, 3.05) is 6.54 Å². The summed E-state index contributed by atoms with van der Waals surface area (Å²) in [5.74, 6) is 0. The lowest BCUT2D eigenvalue weighted by atomic mass is 10.00. The fraction of sp³-hybridized carbons (Fsp3) is 0.500. The Hall–Kier alpha value is -0.340. The molecule has 78 valence electrons. The van der Waals surface area contributed by atoms with Crippen LogP contribution in [0.1, 0.15) is 36.6 Å². The molecule has 0 saturated heterocycles. The summed E-state index contributed by atoms with van der Waals surface area (Å²) in [7, 11) is 0. The number of halogens is 1. The molecule has 0 aliphatic heterocycles. The second-order valence-corrected chi connectivity index (χ2v) is 4.59. The van der Waals surface area contributed by atoms with Crippen LogP contribution in [0.15, 0.2) is 16.6 Å². The van der Waals surface area contributed by atoms with E-state index >= 15 is 0 Å². The van der Waals surface area contributed by atoms with Crippen molar-refractivity contribution >= 4 is 15.9 Å². The Morgan fingerprint density at radius 2 is 1.93 bits per heavy atom. The lowest BCUT2D eigenvalue weighted by Gasteiger charge is -2.16. The maximum atomic E-state index is 3.55. The molecule has 0 saturated carbocycles. The van der Waals surface area contributed by atoms with Crippen LogP contribution in [-0.4, -0.2) is 6.54 Å². The van der Waals surface area contributed by atoms with Gasteiger partial charge in [-0.15, -0.1) is 0 Å². The predicted octanol–water partition coefficient (Wildman–Crippen LogP) is 3.74. The standard InChI is InChI=1S/C12H18BrN/c1-5-14-10(4)11-6-9(3)12(13)7-8(11)2/h6-7,10,14H,5H2,1-4H3. The summed E-state index contributed by atoms with van der Waals surface area (Å²) in [6.45, 7) is 9.64. The number of hydrogen-bond acceptors (Lipinski definition) is 1. The molecular weight excluding hydrogens is 238 g/mol. The van der Waals surface area contributed by atoms with E-state index in [1.165, 1.54) is 21.2 Å².